The Balaban J connectivity index is 2.16. The zero-order valence-electron chi connectivity index (χ0n) is 14.0. The molecule has 1 fully saturated rings. The predicted octanol–water partition coefficient (Wildman–Crippen LogP) is 1.00. The van der Waals surface area contributed by atoms with E-state index in [2.05, 4.69) is 10.6 Å². The molecule has 1 aliphatic rings. The van der Waals surface area contributed by atoms with Crippen molar-refractivity contribution in [2.75, 3.05) is 13.7 Å². The lowest BCUT2D eigenvalue weighted by Crippen LogP contribution is -2.37. The van der Waals surface area contributed by atoms with Gasteiger partial charge in [0.25, 0.3) is 0 Å². The minimum absolute atomic E-state index is 0.0565. The molecule has 1 aromatic rings. The summed E-state index contributed by atoms with van der Waals surface area (Å²) in [6.45, 7) is -0.0565. The molecule has 1 aliphatic carbocycles. The first-order valence-electron chi connectivity index (χ1n) is 8.10. The molecule has 0 heterocycles. The monoisotopic (exact) mass is 350 g/mol. The molecule has 1 aromatic carbocycles. The van der Waals surface area contributed by atoms with Crippen LogP contribution in [0.1, 0.15) is 37.3 Å². The number of carbonyl (C=O) groups is 3. The quantitative estimate of drug-likeness (QED) is 0.476. The largest absolute Gasteiger partial charge is 0.493 e. The Kier molecular flexibility index (Phi) is 6.62. The Hall–Kier alpha value is -2.77. The zero-order valence-corrected chi connectivity index (χ0v) is 14.0. The second kappa shape index (κ2) is 8.91. The number of carbonyl (C=O) groups excluding carboxylic acids is 2. The number of hydrogen-bond donors (Lipinski definition) is 3. The van der Waals surface area contributed by atoms with Crippen LogP contribution in [0.2, 0.25) is 0 Å². The van der Waals surface area contributed by atoms with Gasteiger partial charge < -0.3 is 25.2 Å². The summed E-state index contributed by atoms with van der Waals surface area (Å²) in [6, 6.07) is 4.61. The highest BCUT2D eigenvalue weighted by Gasteiger charge is 2.21. The van der Waals surface area contributed by atoms with Gasteiger partial charge in [-0.25, -0.2) is 4.79 Å². The highest BCUT2D eigenvalue weighted by Crippen LogP contribution is 2.33. The number of hydrogen-bond acceptors (Lipinski definition) is 5. The van der Waals surface area contributed by atoms with Crippen molar-refractivity contribution in [2.24, 2.45) is 0 Å². The van der Waals surface area contributed by atoms with E-state index in [-0.39, 0.29) is 12.6 Å². The molecule has 8 nitrogen and oxygen atoms in total. The average molecular weight is 350 g/mol. The van der Waals surface area contributed by atoms with E-state index in [9.17, 15) is 14.4 Å². The third-order valence-corrected chi connectivity index (χ3v) is 4.12. The van der Waals surface area contributed by atoms with Gasteiger partial charge in [-0.3, -0.25) is 9.59 Å². The molecule has 0 spiro atoms. The topological polar surface area (TPSA) is 114 Å². The standard InChI is InChI=1S/C17H22N2O6/c1-24-14-7-6-11(8-15(14)25-12-4-2-3-5-12)13(19-10-20)9-18-16(21)17(22)23/h6-8,10,12-13H,2-5,9H2,1H3,(H,18,21)(H,19,20)(H,22,23). The number of amides is 2. The van der Waals surface area contributed by atoms with Crippen molar-refractivity contribution in [1.29, 1.82) is 0 Å². The van der Waals surface area contributed by atoms with E-state index in [1.54, 1.807) is 25.3 Å². The maximum absolute atomic E-state index is 11.2. The molecule has 1 unspecified atom stereocenters. The van der Waals surface area contributed by atoms with Crippen molar-refractivity contribution in [3.05, 3.63) is 23.8 Å². The number of benzene rings is 1. The molecule has 25 heavy (non-hydrogen) atoms. The Morgan fingerprint density at radius 2 is 2.04 bits per heavy atom. The van der Waals surface area contributed by atoms with E-state index in [4.69, 9.17) is 14.6 Å². The number of carboxylic acids is 1. The first-order valence-corrected chi connectivity index (χ1v) is 8.10. The van der Waals surface area contributed by atoms with Crippen LogP contribution >= 0.6 is 0 Å². The fraction of sp³-hybridized carbons (Fsp3) is 0.471. The molecule has 1 saturated carbocycles. The molecular weight excluding hydrogens is 328 g/mol. The zero-order chi connectivity index (χ0) is 18.2. The van der Waals surface area contributed by atoms with Gasteiger partial charge in [-0.2, -0.15) is 0 Å². The molecule has 2 amide bonds. The first-order chi connectivity index (χ1) is 12.0. The summed E-state index contributed by atoms with van der Waals surface area (Å²) in [5.41, 5.74) is 0.673. The molecule has 3 N–H and O–H groups in total. The first kappa shape index (κ1) is 18.6. The molecule has 2 rings (SSSR count). The summed E-state index contributed by atoms with van der Waals surface area (Å²) in [5.74, 6) is -1.57. The second-order valence-corrected chi connectivity index (χ2v) is 5.79. The van der Waals surface area contributed by atoms with Crippen LogP contribution in [-0.2, 0) is 14.4 Å². The average Bonchev–Trinajstić information content (AvgIpc) is 3.11. The van der Waals surface area contributed by atoms with Crippen molar-refractivity contribution in [3.63, 3.8) is 0 Å². The van der Waals surface area contributed by atoms with Gasteiger partial charge in [0, 0.05) is 6.54 Å². The second-order valence-electron chi connectivity index (χ2n) is 5.79. The van der Waals surface area contributed by atoms with Crippen LogP contribution in [-0.4, -0.2) is 43.2 Å². The number of ether oxygens (including phenoxy) is 2. The van der Waals surface area contributed by atoms with Gasteiger partial charge >= 0.3 is 11.9 Å². The van der Waals surface area contributed by atoms with E-state index >= 15 is 0 Å². The summed E-state index contributed by atoms with van der Waals surface area (Å²) < 4.78 is 11.3. The fourth-order valence-electron chi connectivity index (χ4n) is 2.81. The Labute approximate surface area is 145 Å². The minimum Gasteiger partial charge on any atom is -0.493 e. The molecule has 0 saturated heterocycles. The summed E-state index contributed by atoms with van der Waals surface area (Å²) >= 11 is 0. The molecule has 8 heteroatoms. The van der Waals surface area contributed by atoms with E-state index in [1.165, 1.54) is 0 Å². The van der Waals surface area contributed by atoms with Gasteiger partial charge in [-0.05, 0) is 43.4 Å². The van der Waals surface area contributed by atoms with Crippen LogP contribution in [0.25, 0.3) is 0 Å². The number of nitrogens with one attached hydrogen (secondary N) is 2. The highest BCUT2D eigenvalue weighted by molar-refractivity contribution is 6.31. The lowest BCUT2D eigenvalue weighted by molar-refractivity contribution is -0.150. The molecule has 0 aromatic heterocycles. The van der Waals surface area contributed by atoms with E-state index in [0.717, 1.165) is 25.7 Å². The molecule has 0 radical (unpaired) electrons. The molecule has 0 bridgehead atoms. The summed E-state index contributed by atoms with van der Waals surface area (Å²) in [4.78, 5) is 32.7. The van der Waals surface area contributed by atoms with Gasteiger partial charge in [-0.15, -0.1) is 0 Å². The number of methoxy groups -OCH3 is 1. The van der Waals surface area contributed by atoms with Crippen LogP contribution in [0.5, 0.6) is 11.5 Å². The van der Waals surface area contributed by atoms with Gasteiger partial charge in [0.2, 0.25) is 6.41 Å². The van der Waals surface area contributed by atoms with Gasteiger partial charge in [0.15, 0.2) is 11.5 Å². The Morgan fingerprint density at radius 1 is 1.32 bits per heavy atom. The molecule has 1 atom stereocenters. The van der Waals surface area contributed by atoms with Crippen LogP contribution in [0, 0.1) is 0 Å². The van der Waals surface area contributed by atoms with E-state index in [1.807, 2.05) is 0 Å². The third kappa shape index (κ3) is 5.10. The smallest absolute Gasteiger partial charge is 0.394 e. The van der Waals surface area contributed by atoms with Crippen molar-refractivity contribution < 1.29 is 29.0 Å². The minimum atomic E-state index is -1.58. The maximum atomic E-state index is 11.2. The van der Waals surface area contributed by atoms with Crippen molar-refractivity contribution in [3.8, 4) is 11.5 Å². The highest BCUT2D eigenvalue weighted by atomic mass is 16.5. The van der Waals surface area contributed by atoms with Crippen molar-refractivity contribution in [1.82, 2.24) is 10.6 Å². The summed E-state index contributed by atoms with van der Waals surface area (Å²) in [5, 5.41) is 13.5. The molecule has 136 valence electrons. The van der Waals surface area contributed by atoms with E-state index < -0.39 is 17.9 Å². The number of carboxylic acid groups (broad SMARTS) is 1. The maximum Gasteiger partial charge on any atom is 0.394 e. The van der Waals surface area contributed by atoms with Crippen molar-refractivity contribution >= 4 is 18.3 Å². The fourth-order valence-corrected chi connectivity index (χ4v) is 2.81. The Morgan fingerprint density at radius 3 is 2.64 bits per heavy atom. The third-order valence-electron chi connectivity index (χ3n) is 4.12. The normalized spacial score (nSPS) is 15.2. The predicted molar refractivity (Wildman–Crippen MR) is 88.5 cm³/mol. The van der Waals surface area contributed by atoms with E-state index in [0.29, 0.717) is 23.5 Å². The van der Waals surface area contributed by atoms with Crippen LogP contribution < -0.4 is 20.1 Å². The molecule has 0 aliphatic heterocycles. The van der Waals surface area contributed by atoms with Gasteiger partial charge in [0.05, 0.1) is 19.3 Å². The van der Waals surface area contributed by atoms with Crippen molar-refractivity contribution in [2.45, 2.75) is 37.8 Å². The summed E-state index contributed by atoms with van der Waals surface area (Å²) in [6.07, 6.45) is 4.86. The van der Waals surface area contributed by atoms with Gasteiger partial charge in [-0.1, -0.05) is 6.07 Å². The van der Waals surface area contributed by atoms with Crippen LogP contribution in [0.4, 0.5) is 0 Å². The lowest BCUT2D eigenvalue weighted by Gasteiger charge is -2.20. The number of aliphatic carboxylic acids is 1. The Bertz CT molecular complexity index is 628. The van der Waals surface area contributed by atoms with Gasteiger partial charge in [0.1, 0.15) is 0 Å². The van der Waals surface area contributed by atoms with Crippen LogP contribution in [0.15, 0.2) is 18.2 Å². The number of rotatable bonds is 8. The van der Waals surface area contributed by atoms with Crippen LogP contribution in [0.3, 0.4) is 0 Å². The SMILES string of the molecule is COc1ccc(C(CNC(=O)C(=O)O)NC=O)cc1OC1CCCC1. The summed E-state index contributed by atoms with van der Waals surface area (Å²) in [7, 11) is 1.55. The molecular formula is C17H22N2O6. The lowest BCUT2D eigenvalue weighted by atomic mass is 10.1.